The molecule has 0 spiro atoms. The Bertz CT molecular complexity index is 2250. The molecule has 3 aromatic heterocycles. The van der Waals surface area contributed by atoms with Crippen LogP contribution in [0.2, 0.25) is 0 Å². The summed E-state index contributed by atoms with van der Waals surface area (Å²) in [4.78, 5) is 20.3. The van der Waals surface area contributed by atoms with Crippen molar-refractivity contribution in [1.29, 1.82) is 0 Å². The van der Waals surface area contributed by atoms with Gasteiger partial charge in [0.1, 0.15) is 29.9 Å². The van der Waals surface area contributed by atoms with Gasteiger partial charge in [-0.25, -0.2) is 28.9 Å². The Morgan fingerprint density at radius 2 is 1.64 bits per heavy atom. The van der Waals surface area contributed by atoms with E-state index in [-0.39, 0.29) is 11.1 Å². The van der Waals surface area contributed by atoms with E-state index in [9.17, 15) is 0 Å². The Morgan fingerprint density at radius 3 is 2.36 bits per heavy atom. The summed E-state index contributed by atoms with van der Waals surface area (Å²) in [5, 5.41) is 7.78. The number of rotatable bonds is 12. The van der Waals surface area contributed by atoms with Gasteiger partial charge in [0.2, 0.25) is 0 Å². The molecule has 0 radical (unpaired) electrons. The maximum Gasteiger partial charge on any atom is 0.165 e. The lowest BCUT2D eigenvalue weighted by molar-refractivity contribution is 0.282. The van der Waals surface area contributed by atoms with E-state index in [1.807, 2.05) is 105 Å². The van der Waals surface area contributed by atoms with E-state index >= 15 is 4.39 Å². The molecule has 0 saturated carbocycles. The smallest absolute Gasteiger partial charge is 0.165 e. The first-order valence-electron chi connectivity index (χ1n) is 16.5. The van der Waals surface area contributed by atoms with E-state index in [0.717, 1.165) is 53.0 Å². The number of aryl methyl sites for hydroxylation is 1. The van der Waals surface area contributed by atoms with Crippen molar-refractivity contribution in [2.45, 2.75) is 19.8 Å². The highest BCUT2D eigenvalue weighted by Crippen LogP contribution is 2.40. The number of benzene rings is 4. The van der Waals surface area contributed by atoms with Gasteiger partial charge in [-0.2, -0.15) is 5.10 Å². The fraction of sp³-hybridized carbons (Fsp3) is 0.175. The molecule has 0 fully saturated rings. The number of halogens is 1. The minimum absolute atomic E-state index is 0.0964. The molecule has 0 atom stereocenters. The van der Waals surface area contributed by atoms with Gasteiger partial charge in [-0.05, 0) is 74.8 Å². The first-order valence-corrected chi connectivity index (χ1v) is 16.5. The van der Waals surface area contributed by atoms with Crippen molar-refractivity contribution < 1.29 is 9.13 Å². The minimum Gasteiger partial charge on any atom is -0.491 e. The van der Waals surface area contributed by atoms with Gasteiger partial charge in [-0.3, -0.25) is 0 Å². The van der Waals surface area contributed by atoms with Crippen molar-refractivity contribution in [1.82, 2.24) is 29.5 Å². The number of nitrogens with zero attached hydrogens (tertiary/aromatic N) is 7. The zero-order valence-corrected chi connectivity index (χ0v) is 28.2. The minimum atomic E-state index is -0.560. The third kappa shape index (κ3) is 7.20. The molecule has 0 saturated heterocycles. The van der Waals surface area contributed by atoms with E-state index in [0.29, 0.717) is 29.4 Å². The predicted octanol–water partition coefficient (Wildman–Crippen LogP) is 7.95. The van der Waals surface area contributed by atoms with Crippen molar-refractivity contribution in [2.24, 2.45) is 4.99 Å². The molecule has 0 amide bonds. The first kappa shape index (κ1) is 32.5. The van der Waals surface area contributed by atoms with Gasteiger partial charge in [0.15, 0.2) is 11.5 Å². The van der Waals surface area contributed by atoms with E-state index in [1.54, 1.807) is 16.9 Å². The fourth-order valence-electron chi connectivity index (χ4n) is 5.91. The molecule has 7 aromatic rings. The van der Waals surface area contributed by atoms with Crippen LogP contribution < -0.4 is 10.1 Å². The molecule has 0 aliphatic rings. The molecule has 250 valence electrons. The number of fused-ring (bicyclic) bond motifs is 2. The quantitative estimate of drug-likeness (QED) is 0.105. The molecule has 7 rings (SSSR count). The zero-order valence-electron chi connectivity index (χ0n) is 28.2. The van der Waals surface area contributed by atoms with Gasteiger partial charge in [-0.15, -0.1) is 0 Å². The summed E-state index contributed by atoms with van der Waals surface area (Å²) >= 11 is 0. The van der Waals surface area contributed by atoms with Crippen LogP contribution in [0.1, 0.15) is 34.2 Å². The third-order valence-electron chi connectivity index (χ3n) is 8.48. The zero-order chi connectivity index (χ0) is 34.5. The molecule has 0 unspecified atom stereocenters. The Balaban J connectivity index is 1.27. The normalized spacial score (nSPS) is 11.3. The SMILES string of the molecule is Cc1cc(Nc2ncnc3cc(OCCCN(C)C)c(N=C(c4ccccc4)c4ccccc4)c(F)c23)ccc1Cc1ccn2ncnc2c1. The monoisotopic (exact) mass is 664 g/mol. The molecule has 10 heteroatoms. The highest BCUT2D eigenvalue weighted by molar-refractivity contribution is 6.14. The third-order valence-corrected chi connectivity index (χ3v) is 8.48. The van der Waals surface area contributed by atoms with Crippen LogP contribution in [0.5, 0.6) is 5.75 Å². The second-order valence-corrected chi connectivity index (χ2v) is 12.4. The molecule has 0 aliphatic carbocycles. The van der Waals surface area contributed by atoms with E-state index in [2.05, 4.69) is 43.3 Å². The van der Waals surface area contributed by atoms with Crippen LogP contribution in [0.3, 0.4) is 0 Å². The summed E-state index contributed by atoms with van der Waals surface area (Å²) in [6.07, 6.45) is 6.40. The lowest BCUT2D eigenvalue weighted by atomic mass is 10.0. The number of aliphatic imine (C=N–C) groups is 1. The van der Waals surface area contributed by atoms with E-state index in [4.69, 9.17) is 9.73 Å². The van der Waals surface area contributed by atoms with Crippen LogP contribution in [-0.2, 0) is 6.42 Å². The molecule has 9 nitrogen and oxygen atoms in total. The molecular weight excluding hydrogens is 627 g/mol. The molecule has 0 bridgehead atoms. The summed E-state index contributed by atoms with van der Waals surface area (Å²) in [5.41, 5.74) is 7.83. The van der Waals surface area contributed by atoms with Gasteiger partial charge in [-0.1, -0.05) is 66.7 Å². The molecule has 1 N–H and O–H groups in total. The summed E-state index contributed by atoms with van der Waals surface area (Å²) in [6, 6.07) is 31.5. The van der Waals surface area contributed by atoms with Crippen molar-refractivity contribution in [2.75, 3.05) is 32.6 Å². The van der Waals surface area contributed by atoms with Crippen molar-refractivity contribution in [3.63, 3.8) is 0 Å². The summed E-state index contributed by atoms with van der Waals surface area (Å²) in [6.45, 7) is 3.29. The van der Waals surface area contributed by atoms with E-state index < -0.39 is 5.82 Å². The standard InChI is InChI=1S/C40H37FN8O/c1-27-21-32(16-15-31(27)22-28-17-19-49-35(23-28)43-26-45-49)46-40-36-33(42-25-44-40)24-34(50-20-10-18-48(2)3)39(37(36)41)47-38(29-11-6-4-7-12-29)30-13-8-5-9-14-30/h4-9,11-17,19,21,23-26H,10,18,20,22H2,1-3H3,(H,42,44,46). The van der Waals surface area contributed by atoms with Crippen LogP contribution in [0.25, 0.3) is 16.6 Å². The second kappa shape index (κ2) is 14.6. The average molecular weight is 665 g/mol. The first-order chi connectivity index (χ1) is 24.4. The van der Waals surface area contributed by atoms with Gasteiger partial charge in [0.05, 0.1) is 23.2 Å². The summed E-state index contributed by atoms with van der Waals surface area (Å²) < 4.78 is 25.1. The Labute approximate surface area is 290 Å². The molecular formula is C40H37FN8O. The highest BCUT2D eigenvalue weighted by atomic mass is 19.1. The van der Waals surface area contributed by atoms with Gasteiger partial charge < -0.3 is 15.0 Å². The lowest BCUT2D eigenvalue weighted by Gasteiger charge is -2.16. The molecule has 3 heterocycles. The molecule has 0 aliphatic heterocycles. The second-order valence-electron chi connectivity index (χ2n) is 12.4. The highest BCUT2D eigenvalue weighted by Gasteiger charge is 2.21. The number of nitrogens with one attached hydrogen (secondary N) is 1. The molecule has 4 aromatic carbocycles. The number of hydrogen-bond donors (Lipinski definition) is 1. The Morgan fingerprint density at radius 1 is 0.880 bits per heavy atom. The maximum absolute atomic E-state index is 17.1. The largest absolute Gasteiger partial charge is 0.491 e. The van der Waals surface area contributed by atoms with E-state index in [1.165, 1.54) is 11.9 Å². The number of aromatic nitrogens is 5. The van der Waals surface area contributed by atoms with Gasteiger partial charge in [0, 0.05) is 35.6 Å². The topological polar surface area (TPSA) is 92.8 Å². The molecule has 50 heavy (non-hydrogen) atoms. The fourth-order valence-corrected chi connectivity index (χ4v) is 5.91. The summed E-state index contributed by atoms with van der Waals surface area (Å²) in [5.74, 6) is 0.107. The van der Waals surface area contributed by atoms with Crippen LogP contribution in [-0.4, -0.2) is 62.4 Å². The van der Waals surface area contributed by atoms with Crippen LogP contribution in [0.4, 0.5) is 21.6 Å². The number of anilines is 2. The lowest BCUT2D eigenvalue weighted by Crippen LogP contribution is -2.15. The predicted molar refractivity (Wildman–Crippen MR) is 197 cm³/mol. The average Bonchev–Trinajstić information content (AvgIpc) is 3.60. The Kier molecular flexibility index (Phi) is 9.52. The van der Waals surface area contributed by atoms with Crippen LogP contribution >= 0.6 is 0 Å². The van der Waals surface area contributed by atoms with Crippen molar-refractivity contribution >= 4 is 39.5 Å². The maximum atomic E-state index is 17.1. The number of pyridine rings is 1. The number of ether oxygens (including phenoxy) is 1. The summed E-state index contributed by atoms with van der Waals surface area (Å²) in [7, 11) is 4.02. The number of hydrogen-bond acceptors (Lipinski definition) is 8. The van der Waals surface area contributed by atoms with Crippen LogP contribution in [0, 0.1) is 12.7 Å². The van der Waals surface area contributed by atoms with Crippen molar-refractivity contribution in [3.8, 4) is 5.75 Å². The van der Waals surface area contributed by atoms with Gasteiger partial charge in [0.25, 0.3) is 0 Å². The van der Waals surface area contributed by atoms with Gasteiger partial charge >= 0.3 is 0 Å². The van der Waals surface area contributed by atoms with Crippen molar-refractivity contribution in [3.05, 3.63) is 150 Å². The Hall–Kier alpha value is -6.00. The van der Waals surface area contributed by atoms with Crippen LogP contribution in [0.15, 0.2) is 121 Å².